The number of hydrogen-bond acceptors (Lipinski definition) is 5. The molecular formula is C14H17ClN2O3S. The molecule has 0 radical (unpaired) electrons. The molecule has 114 valence electrons. The van der Waals surface area contributed by atoms with Crippen molar-refractivity contribution in [1.29, 1.82) is 0 Å². The fourth-order valence-corrected chi connectivity index (χ4v) is 3.27. The Hall–Kier alpha value is -1.34. The van der Waals surface area contributed by atoms with Crippen LogP contribution in [0.5, 0.6) is 0 Å². The summed E-state index contributed by atoms with van der Waals surface area (Å²) < 4.78 is 5.90. The molecule has 5 nitrogen and oxygen atoms in total. The number of rotatable bonds is 6. The monoisotopic (exact) mass is 328 g/mol. The van der Waals surface area contributed by atoms with Gasteiger partial charge in [0.1, 0.15) is 4.88 Å². The largest absolute Gasteiger partial charge is 0.397 e. The summed E-state index contributed by atoms with van der Waals surface area (Å²) >= 11 is 7.30. The van der Waals surface area contributed by atoms with Crippen molar-refractivity contribution in [2.75, 3.05) is 39.1 Å². The molecular weight excluding hydrogens is 312 g/mol. The maximum Gasteiger partial charge on any atom is 0.266 e. The van der Waals surface area contributed by atoms with Crippen molar-refractivity contribution in [1.82, 2.24) is 4.90 Å². The average molecular weight is 329 g/mol. The SMILES string of the molecule is COCCN(CCO)C(=O)c1sc2ccc(Cl)cc2c1N. The maximum absolute atomic E-state index is 12.6. The molecule has 0 aliphatic heterocycles. The number of anilines is 1. The molecule has 0 fully saturated rings. The van der Waals surface area contributed by atoms with Gasteiger partial charge in [0.2, 0.25) is 0 Å². The molecule has 0 atom stereocenters. The lowest BCUT2D eigenvalue weighted by Crippen LogP contribution is -2.36. The zero-order chi connectivity index (χ0) is 15.4. The molecule has 2 aromatic rings. The van der Waals surface area contributed by atoms with Crippen molar-refractivity contribution in [2.24, 2.45) is 0 Å². The van der Waals surface area contributed by atoms with Gasteiger partial charge in [-0.3, -0.25) is 4.79 Å². The summed E-state index contributed by atoms with van der Waals surface area (Å²) in [7, 11) is 1.57. The van der Waals surface area contributed by atoms with Crippen LogP contribution in [0.2, 0.25) is 5.02 Å². The summed E-state index contributed by atoms with van der Waals surface area (Å²) in [6.07, 6.45) is 0. The lowest BCUT2D eigenvalue weighted by atomic mass is 10.2. The summed E-state index contributed by atoms with van der Waals surface area (Å²) in [6, 6.07) is 5.37. The number of methoxy groups -OCH3 is 1. The zero-order valence-corrected chi connectivity index (χ0v) is 13.2. The molecule has 21 heavy (non-hydrogen) atoms. The van der Waals surface area contributed by atoms with E-state index in [1.54, 1.807) is 19.2 Å². The van der Waals surface area contributed by atoms with Gasteiger partial charge in [-0.05, 0) is 18.2 Å². The molecule has 7 heteroatoms. The normalized spacial score (nSPS) is 11.0. The van der Waals surface area contributed by atoms with E-state index in [9.17, 15) is 4.79 Å². The van der Waals surface area contributed by atoms with Crippen molar-refractivity contribution in [3.8, 4) is 0 Å². The van der Waals surface area contributed by atoms with E-state index >= 15 is 0 Å². The van der Waals surface area contributed by atoms with Gasteiger partial charge in [-0.25, -0.2) is 0 Å². The third-order valence-electron chi connectivity index (χ3n) is 3.11. The van der Waals surface area contributed by atoms with Crippen LogP contribution < -0.4 is 5.73 Å². The van der Waals surface area contributed by atoms with E-state index < -0.39 is 0 Å². The quantitative estimate of drug-likeness (QED) is 0.852. The molecule has 0 saturated carbocycles. The predicted molar refractivity (Wildman–Crippen MR) is 86.1 cm³/mol. The number of carbonyl (C=O) groups excluding carboxylic acids is 1. The Morgan fingerprint density at radius 1 is 1.48 bits per heavy atom. The van der Waals surface area contributed by atoms with E-state index in [1.807, 2.05) is 6.07 Å². The number of nitrogens with two attached hydrogens (primary N) is 1. The third-order valence-corrected chi connectivity index (χ3v) is 4.51. The minimum Gasteiger partial charge on any atom is -0.397 e. The van der Waals surface area contributed by atoms with Gasteiger partial charge < -0.3 is 20.5 Å². The number of thiophene rings is 1. The van der Waals surface area contributed by atoms with Crippen LogP contribution in [0.1, 0.15) is 9.67 Å². The Morgan fingerprint density at radius 2 is 2.24 bits per heavy atom. The van der Waals surface area contributed by atoms with Crippen LogP contribution in [0.3, 0.4) is 0 Å². The van der Waals surface area contributed by atoms with Crippen molar-refractivity contribution in [3.05, 3.63) is 28.1 Å². The summed E-state index contributed by atoms with van der Waals surface area (Å²) in [6.45, 7) is 0.954. The van der Waals surface area contributed by atoms with Gasteiger partial charge in [-0.2, -0.15) is 0 Å². The molecule has 1 aromatic carbocycles. The number of hydrogen-bond donors (Lipinski definition) is 2. The van der Waals surface area contributed by atoms with Crippen molar-refractivity contribution in [3.63, 3.8) is 0 Å². The minimum absolute atomic E-state index is 0.105. The molecule has 1 heterocycles. The minimum atomic E-state index is -0.198. The van der Waals surface area contributed by atoms with Crippen LogP contribution in [0.15, 0.2) is 18.2 Å². The van der Waals surface area contributed by atoms with E-state index in [0.717, 1.165) is 10.1 Å². The highest BCUT2D eigenvalue weighted by Crippen LogP contribution is 2.35. The molecule has 0 unspecified atom stereocenters. The molecule has 1 aromatic heterocycles. The molecule has 0 aliphatic carbocycles. The Bertz CT molecular complexity index is 644. The standard InChI is InChI=1S/C14H17ClN2O3S/c1-20-7-5-17(4-6-18)14(19)13-12(16)10-8-9(15)2-3-11(10)21-13/h2-3,8,18H,4-7,16H2,1H3. The van der Waals surface area contributed by atoms with E-state index in [0.29, 0.717) is 28.7 Å². The fraction of sp³-hybridized carbons (Fsp3) is 0.357. The zero-order valence-electron chi connectivity index (χ0n) is 11.6. The number of nitrogen functional groups attached to an aromatic ring is 1. The number of benzene rings is 1. The first-order chi connectivity index (χ1) is 10.1. The highest BCUT2D eigenvalue weighted by molar-refractivity contribution is 7.21. The topological polar surface area (TPSA) is 75.8 Å². The highest BCUT2D eigenvalue weighted by atomic mass is 35.5. The Kier molecular flexibility index (Phi) is 5.41. The van der Waals surface area contributed by atoms with Crippen LogP contribution in [0.4, 0.5) is 5.69 Å². The van der Waals surface area contributed by atoms with E-state index in [-0.39, 0.29) is 19.1 Å². The van der Waals surface area contributed by atoms with Gasteiger partial charge in [0.25, 0.3) is 5.91 Å². The van der Waals surface area contributed by atoms with Crippen LogP contribution in [-0.4, -0.2) is 49.3 Å². The molecule has 0 saturated heterocycles. The Balaban J connectivity index is 2.34. The second-order valence-electron chi connectivity index (χ2n) is 4.49. The summed E-state index contributed by atoms with van der Waals surface area (Å²) in [4.78, 5) is 14.6. The summed E-state index contributed by atoms with van der Waals surface area (Å²) in [5.41, 5.74) is 6.52. The van der Waals surface area contributed by atoms with E-state index in [2.05, 4.69) is 0 Å². The third kappa shape index (κ3) is 3.47. The number of ether oxygens (including phenoxy) is 1. The Labute approximate surface area is 131 Å². The number of amides is 1. The van der Waals surface area contributed by atoms with Crippen LogP contribution in [0, 0.1) is 0 Å². The molecule has 2 rings (SSSR count). The second kappa shape index (κ2) is 7.09. The number of halogens is 1. The average Bonchev–Trinajstić information content (AvgIpc) is 2.80. The van der Waals surface area contributed by atoms with Gasteiger partial charge in [-0.15, -0.1) is 11.3 Å². The van der Waals surface area contributed by atoms with Gasteiger partial charge in [0, 0.05) is 35.3 Å². The first-order valence-corrected chi connectivity index (χ1v) is 7.64. The first-order valence-electron chi connectivity index (χ1n) is 6.45. The van der Waals surface area contributed by atoms with Crippen LogP contribution in [-0.2, 0) is 4.74 Å². The highest BCUT2D eigenvalue weighted by Gasteiger charge is 2.21. The van der Waals surface area contributed by atoms with Crippen LogP contribution in [0.25, 0.3) is 10.1 Å². The van der Waals surface area contributed by atoms with Gasteiger partial charge >= 0.3 is 0 Å². The first kappa shape index (κ1) is 16.0. The van der Waals surface area contributed by atoms with Crippen molar-refractivity contribution < 1.29 is 14.6 Å². The van der Waals surface area contributed by atoms with Gasteiger partial charge in [0.05, 0.1) is 18.9 Å². The van der Waals surface area contributed by atoms with Gasteiger partial charge in [-0.1, -0.05) is 11.6 Å². The predicted octanol–water partition coefficient (Wildman–Crippen LogP) is 2.22. The Morgan fingerprint density at radius 3 is 2.90 bits per heavy atom. The van der Waals surface area contributed by atoms with Crippen molar-refractivity contribution >= 4 is 44.6 Å². The van der Waals surface area contributed by atoms with E-state index in [1.165, 1.54) is 16.2 Å². The molecule has 0 spiro atoms. The molecule has 0 aliphatic rings. The van der Waals surface area contributed by atoms with Crippen LogP contribution >= 0.6 is 22.9 Å². The van der Waals surface area contributed by atoms with E-state index in [4.69, 9.17) is 27.2 Å². The molecule has 3 N–H and O–H groups in total. The summed E-state index contributed by atoms with van der Waals surface area (Å²) in [5, 5.41) is 10.5. The van der Waals surface area contributed by atoms with Crippen molar-refractivity contribution in [2.45, 2.75) is 0 Å². The second-order valence-corrected chi connectivity index (χ2v) is 5.98. The van der Waals surface area contributed by atoms with Gasteiger partial charge in [0.15, 0.2) is 0 Å². The fourth-order valence-electron chi connectivity index (χ4n) is 2.03. The summed E-state index contributed by atoms with van der Waals surface area (Å²) in [5.74, 6) is -0.198. The lowest BCUT2D eigenvalue weighted by molar-refractivity contribution is 0.0662. The molecule has 1 amide bonds. The maximum atomic E-state index is 12.6. The molecule has 0 bridgehead atoms. The number of fused-ring (bicyclic) bond motifs is 1. The number of aliphatic hydroxyl groups excluding tert-OH is 1. The number of nitrogens with zero attached hydrogens (tertiary/aromatic N) is 1. The lowest BCUT2D eigenvalue weighted by Gasteiger charge is -2.20. The number of carbonyl (C=O) groups is 1. The number of aliphatic hydroxyl groups is 1. The smallest absolute Gasteiger partial charge is 0.266 e.